The number of hydrogen-bond acceptors (Lipinski definition) is 2. The molecule has 0 aliphatic rings. The van der Waals surface area contributed by atoms with Gasteiger partial charge in [0.15, 0.2) is 0 Å². The topological polar surface area (TPSA) is 29.9 Å². The molecule has 0 saturated heterocycles. The van der Waals surface area contributed by atoms with Crippen LogP contribution in [0.15, 0.2) is 36.7 Å². The number of benzene rings is 1. The van der Waals surface area contributed by atoms with E-state index in [-0.39, 0.29) is 0 Å². The van der Waals surface area contributed by atoms with E-state index >= 15 is 0 Å². The molecule has 1 heterocycles. The zero-order valence-electron chi connectivity index (χ0n) is 12.8. The van der Waals surface area contributed by atoms with Gasteiger partial charge in [0, 0.05) is 12.2 Å². The number of nitrogens with one attached hydrogen (secondary N) is 1. The van der Waals surface area contributed by atoms with Crippen LogP contribution in [0.1, 0.15) is 37.0 Å². The predicted octanol–water partition coefficient (Wildman–Crippen LogP) is 3.17. The summed E-state index contributed by atoms with van der Waals surface area (Å²) >= 11 is 0. The zero-order valence-corrected chi connectivity index (χ0v) is 12.8. The van der Waals surface area contributed by atoms with Crippen molar-refractivity contribution in [3.05, 3.63) is 53.3 Å². The molecule has 0 spiro atoms. The quantitative estimate of drug-likeness (QED) is 0.784. The van der Waals surface area contributed by atoms with E-state index in [1.54, 1.807) is 0 Å². The van der Waals surface area contributed by atoms with E-state index < -0.39 is 0 Å². The number of aromatic nitrogens is 2. The third-order valence-corrected chi connectivity index (χ3v) is 3.35. The van der Waals surface area contributed by atoms with Gasteiger partial charge in [-0.25, -0.2) is 0 Å². The van der Waals surface area contributed by atoms with Gasteiger partial charge in [-0.2, -0.15) is 5.10 Å². The normalized spacial score (nSPS) is 11.2. The standard InChI is InChI=1S/C17H25N3/c1-14(2)18-10-4-5-17-11-19-20(13-17)12-16-8-6-15(3)7-9-16/h6-9,11,13-14,18H,4-5,10,12H2,1-3H3. The average molecular weight is 271 g/mol. The van der Waals surface area contributed by atoms with Crippen LogP contribution < -0.4 is 5.32 Å². The summed E-state index contributed by atoms with van der Waals surface area (Å²) in [6.45, 7) is 8.39. The van der Waals surface area contributed by atoms with E-state index in [0.29, 0.717) is 6.04 Å². The van der Waals surface area contributed by atoms with Crippen LogP contribution in [-0.4, -0.2) is 22.4 Å². The van der Waals surface area contributed by atoms with E-state index in [4.69, 9.17) is 0 Å². The van der Waals surface area contributed by atoms with E-state index in [1.807, 2.05) is 10.9 Å². The van der Waals surface area contributed by atoms with Gasteiger partial charge in [0.05, 0.1) is 12.7 Å². The molecule has 3 heteroatoms. The average Bonchev–Trinajstić information content (AvgIpc) is 2.85. The van der Waals surface area contributed by atoms with Crippen LogP contribution in [0.5, 0.6) is 0 Å². The van der Waals surface area contributed by atoms with Gasteiger partial charge in [-0.3, -0.25) is 4.68 Å². The third kappa shape index (κ3) is 4.82. The molecular formula is C17H25N3. The Kier molecular flexibility index (Phi) is 5.36. The molecule has 0 radical (unpaired) electrons. The third-order valence-electron chi connectivity index (χ3n) is 3.35. The molecule has 0 unspecified atom stereocenters. The lowest BCUT2D eigenvalue weighted by molar-refractivity contribution is 0.570. The molecule has 0 atom stereocenters. The van der Waals surface area contributed by atoms with Crippen molar-refractivity contribution >= 4 is 0 Å². The maximum Gasteiger partial charge on any atom is 0.0659 e. The molecule has 0 fully saturated rings. The fourth-order valence-electron chi connectivity index (χ4n) is 2.19. The number of rotatable bonds is 7. The lowest BCUT2D eigenvalue weighted by Gasteiger charge is -2.06. The summed E-state index contributed by atoms with van der Waals surface area (Å²) in [5.41, 5.74) is 3.92. The summed E-state index contributed by atoms with van der Waals surface area (Å²) in [5.74, 6) is 0. The monoisotopic (exact) mass is 271 g/mol. The van der Waals surface area contributed by atoms with Crippen LogP contribution in [0.3, 0.4) is 0 Å². The maximum atomic E-state index is 4.44. The highest BCUT2D eigenvalue weighted by Gasteiger charge is 2.00. The van der Waals surface area contributed by atoms with Gasteiger partial charge in [0.1, 0.15) is 0 Å². The number of aryl methyl sites for hydroxylation is 2. The van der Waals surface area contributed by atoms with Crippen LogP contribution in [-0.2, 0) is 13.0 Å². The first kappa shape index (κ1) is 14.8. The molecule has 2 rings (SSSR count). The molecule has 1 aromatic heterocycles. The zero-order chi connectivity index (χ0) is 14.4. The van der Waals surface area contributed by atoms with Crippen LogP contribution in [0, 0.1) is 6.92 Å². The van der Waals surface area contributed by atoms with Crippen molar-refractivity contribution in [1.29, 1.82) is 0 Å². The summed E-state index contributed by atoms with van der Waals surface area (Å²) in [6, 6.07) is 9.21. The Hall–Kier alpha value is -1.61. The lowest BCUT2D eigenvalue weighted by atomic mass is 10.1. The fraction of sp³-hybridized carbons (Fsp3) is 0.471. The van der Waals surface area contributed by atoms with Gasteiger partial charge in [0.2, 0.25) is 0 Å². The molecule has 0 bridgehead atoms. The van der Waals surface area contributed by atoms with E-state index in [1.165, 1.54) is 16.7 Å². The highest BCUT2D eigenvalue weighted by molar-refractivity contribution is 5.21. The number of hydrogen-bond donors (Lipinski definition) is 1. The maximum absolute atomic E-state index is 4.44. The molecule has 2 aromatic rings. The summed E-state index contributed by atoms with van der Waals surface area (Å²) in [5, 5.41) is 7.88. The summed E-state index contributed by atoms with van der Waals surface area (Å²) in [6.07, 6.45) is 6.40. The first-order valence-electron chi connectivity index (χ1n) is 7.44. The van der Waals surface area contributed by atoms with Crippen molar-refractivity contribution in [3.8, 4) is 0 Å². The van der Waals surface area contributed by atoms with Gasteiger partial charge in [-0.1, -0.05) is 43.7 Å². The Bertz CT molecular complexity index is 511. The van der Waals surface area contributed by atoms with Crippen LogP contribution in [0.4, 0.5) is 0 Å². The molecule has 0 saturated carbocycles. The SMILES string of the molecule is Cc1ccc(Cn2cc(CCCNC(C)C)cn2)cc1. The largest absolute Gasteiger partial charge is 0.315 e. The van der Waals surface area contributed by atoms with Gasteiger partial charge in [-0.05, 0) is 37.4 Å². The first-order valence-corrected chi connectivity index (χ1v) is 7.44. The minimum absolute atomic E-state index is 0.569. The number of nitrogens with zero attached hydrogens (tertiary/aromatic N) is 2. The van der Waals surface area contributed by atoms with Crippen molar-refractivity contribution in [1.82, 2.24) is 15.1 Å². The van der Waals surface area contributed by atoms with Crippen molar-refractivity contribution in [3.63, 3.8) is 0 Å². The highest BCUT2D eigenvalue weighted by atomic mass is 15.3. The lowest BCUT2D eigenvalue weighted by Crippen LogP contribution is -2.23. The Morgan fingerprint density at radius 1 is 1.15 bits per heavy atom. The van der Waals surface area contributed by atoms with Gasteiger partial charge in [-0.15, -0.1) is 0 Å². The van der Waals surface area contributed by atoms with E-state index in [2.05, 4.69) is 61.6 Å². The minimum Gasteiger partial charge on any atom is -0.315 e. The summed E-state index contributed by atoms with van der Waals surface area (Å²) < 4.78 is 2.02. The second-order valence-electron chi connectivity index (χ2n) is 5.74. The van der Waals surface area contributed by atoms with Crippen LogP contribution in [0.2, 0.25) is 0 Å². The molecular weight excluding hydrogens is 246 g/mol. The molecule has 108 valence electrons. The van der Waals surface area contributed by atoms with E-state index in [9.17, 15) is 0 Å². The smallest absolute Gasteiger partial charge is 0.0659 e. The van der Waals surface area contributed by atoms with Gasteiger partial charge in [0.25, 0.3) is 0 Å². The molecule has 0 aliphatic carbocycles. The van der Waals surface area contributed by atoms with Gasteiger partial charge >= 0.3 is 0 Å². The molecule has 1 aromatic carbocycles. The van der Waals surface area contributed by atoms with Crippen LogP contribution >= 0.6 is 0 Å². The summed E-state index contributed by atoms with van der Waals surface area (Å²) in [7, 11) is 0. The van der Waals surface area contributed by atoms with Crippen molar-refractivity contribution in [2.24, 2.45) is 0 Å². The second kappa shape index (κ2) is 7.25. The Balaban J connectivity index is 1.81. The van der Waals surface area contributed by atoms with Gasteiger partial charge < -0.3 is 5.32 Å². The van der Waals surface area contributed by atoms with Crippen molar-refractivity contribution < 1.29 is 0 Å². The highest BCUT2D eigenvalue weighted by Crippen LogP contribution is 2.07. The minimum atomic E-state index is 0.569. The Morgan fingerprint density at radius 2 is 1.90 bits per heavy atom. The van der Waals surface area contributed by atoms with Crippen molar-refractivity contribution in [2.45, 2.75) is 46.2 Å². The van der Waals surface area contributed by atoms with Crippen LogP contribution in [0.25, 0.3) is 0 Å². The van der Waals surface area contributed by atoms with Crippen molar-refractivity contribution in [2.75, 3.05) is 6.54 Å². The molecule has 0 aliphatic heterocycles. The molecule has 20 heavy (non-hydrogen) atoms. The molecule has 3 nitrogen and oxygen atoms in total. The Morgan fingerprint density at radius 3 is 2.60 bits per heavy atom. The molecule has 0 amide bonds. The summed E-state index contributed by atoms with van der Waals surface area (Å²) in [4.78, 5) is 0. The molecule has 1 N–H and O–H groups in total. The Labute approximate surface area is 122 Å². The van der Waals surface area contributed by atoms with E-state index in [0.717, 1.165) is 25.9 Å². The second-order valence-corrected chi connectivity index (χ2v) is 5.74. The predicted molar refractivity (Wildman–Crippen MR) is 84.0 cm³/mol. The fourth-order valence-corrected chi connectivity index (χ4v) is 2.19. The first-order chi connectivity index (χ1) is 9.63.